The van der Waals surface area contributed by atoms with Gasteiger partial charge in [-0.1, -0.05) is 36.4 Å². The van der Waals surface area contributed by atoms with Crippen molar-refractivity contribution in [3.8, 4) is 5.75 Å². The van der Waals surface area contributed by atoms with Crippen LogP contribution in [0.15, 0.2) is 48.5 Å². The number of hydrogen-bond donors (Lipinski definition) is 4. The highest BCUT2D eigenvalue weighted by Crippen LogP contribution is 2.61. The SMILES string of the molecule is COc1cc(CNC(=O)[C@@H](Cc2ccccc2)NC(=N)NC(=O)CC23CC4CC(CC(C4)C2)C3)ccc1F. The summed E-state index contributed by atoms with van der Waals surface area (Å²) in [5.41, 5.74) is 1.70. The lowest BCUT2D eigenvalue weighted by Gasteiger charge is -2.56. The molecule has 4 aliphatic rings. The van der Waals surface area contributed by atoms with Crippen molar-refractivity contribution >= 4 is 17.8 Å². The molecule has 0 aromatic heterocycles. The van der Waals surface area contributed by atoms with Gasteiger partial charge in [-0.25, -0.2) is 4.39 Å². The second-order valence-electron chi connectivity index (χ2n) is 11.6. The van der Waals surface area contributed by atoms with Crippen molar-refractivity contribution in [2.24, 2.45) is 23.2 Å². The van der Waals surface area contributed by atoms with Crippen LogP contribution in [0, 0.1) is 34.4 Å². The zero-order chi connectivity index (χ0) is 26.7. The van der Waals surface area contributed by atoms with Gasteiger partial charge in [0.2, 0.25) is 11.8 Å². The molecule has 2 aromatic carbocycles. The molecular weight excluding hydrogens is 483 g/mol. The Morgan fingerprint density at radius 3 is 2.32 bits per heavy atom. The molecule has 4 bridgehead atoms. The second kappa shape index (κ2) is 11.1. The van der Waals surface area contributed by atoms with E-state index in [2.05, 4.69) is 16.0 Å². The third-order valence-electron chi connectivity index (χ3n) is 8.57. The predicted molar refractivity (Wildman–Crippen MR) is 143 cm³/mol. The van der Waals surface area contributed by atoms with Crippen LogP contribution in [0.4, 0.5) is 4.39 Å². The normalized spacial score (nSPS) is 25.9. The lowest BCUT2D eigenvalue weighted by Crippen LogP contribution is -2.53. The molecule has 0 heterocycles. The van der Waals surface area contributed by atoms with Gasteiger partial charge in [-0.15, -0.1) is 0 Å². The lowest BCUT2D eigenvalue weighted by molar-refractivity contribution is -0.128. The minimum absolute atomic E-state index is 0.0795. The lowest BCUT2D eigenvalue weighted by atomic mass is 9.49. The number of ether oxygens (including phenoxy) is 1. The number of carbonyl (C=O) groups is 2. The van der Waals surface area contributed by atoms with Crippen LogP contribution in [0.3, 0.4) is 0 Å². The van der Waals surface area contributed by atoms with E-state index >= 15 is 0 Å². The predicted octanol–water partition coefficient (Wildman–Crippen LogP) is 4.31. The topological polar surface area (TPSA) is 103 Å². The minimum Gasteiger partial charge on any atom is -0.494 e. The number of hydrogen-bond acceptors (Lipinski definition) is 4. The molecule has 202 valence electrons. The monoisotopic (exact) mass is 520 g/mol. The van der Waals surface area contributed by atoms with E-state index in [9.17, 15) is 14.0 Å². The van der Waals surface area contributed by atoms with E-state index in [0.29, 0.717) is 18.4 Å². The maximum absolute atomic E-state index is 13.7. The summed E-state index contributed by atoms with van der Waals surface area (Å²) < 4.78 is 18.8. The Balaban J connectivity index is 1.19. The number of rotatable bonds is 9. The quantitative estimate of drug-likeness (QED) is 0.292. The molecule has 4 saturated carbocycles. The number of halogens is 1. The number of carbonyl (C=O) groups excluding carboxylic acids is 2. The fourth-order valence-electron chi connectivity index (χ4n) is 7.43. The van der Waals surface area contributed by atoms with Gasteiger partial charge < -0.3 is 15.4 Å². The fraction of sp³-hybridized carbons (Fsp3) is 0.500. The molecule has 6 rings (SSSR count). The maximum Gasteiger partial charge on any atom is 0.243 e. The Hall–Kier alpha value is -3.42. The van der Waals surface area contributed by atoms with Gasteiger partial charge >= 0.3 is 0 Å². The van der Waals surface area contributed by atoms with E-state index in [0.717, 1.165) is 42.6 Å². The molecule has 2 aromatic rings. The Morgan fingerprint density at radius 1 is 1.03 bits per heavy atom. The zero-order valence-electron chi connectivity index (χ0n) is 21.9. The van der Waals surface area contributed by atoms with Crippen LogP contribution in [-0.2, 0) is 22.6 Å². The van der Waals surface area contributed by atoms with Crippen LogP contribution >= 0.6 is 0 Å². The van der Waals surface area contributed by atoms with Crippen LogP contribution in [-0.4, -0.2) is 30.9 Å². The maximum atomic E-state index is 13.7. The Morgan fingerprint density at radius 2 is 1.68 bits per heavy atom. The molecule has 4 fully saturated rings. The van der Waals surface area contributed by atoms with Crippen LogP contribution in [0.2, 0.25) is 0 Å². The van der Waals surface area contributed by atoms with Gasteiger partial charge in [-0.2, -0.15) is 0 Å². The Bertz CT molecular complexity index is 1150. The first-order valence-electron chi connectivity index (χ1n) is 13.6. The Labute approximate surface area is 223 Å². The minimum atomic E-state index is -0.771. The molecule has 0 saturated heterocycles. The highest BCUT2D eigenvalue weighted by atomic mass is 19.1. The van der Waals surface area contributed by atoms with Gasteiger partial charge in [-0.05, 0) is 85.0 Å². The van der Waals surface area contributed by atoms with Crippen LogP contribution in [0.5, 0.6) is 5.75 Å². The molecule has 4 N–H and O–H groups in total. The van der Waals surface area contributed by atoms with Crippen molar-refractivity contribution in [3.05, 3.63) is 65.5 Å². The number of amides is 2. The van der Waals surface area contributed by atoms with E-state index in [1.165, 1.54) is 32.4 Å². The first-order chi connectivity index (χ1) is 18.3. The van der Waals surface area contributed by atoms with E-state index < -0.39 is 11.9 Å². The molecule has 0 spiro atoms. The highest BCUT2D eigenvalue weighted by molar-refractivity contribution is 5.97. The van der Waals surface area contributed by atoms with Crippen molar-refractivity contribution in [1.82, 2.24) is 16.0 Å². The van der Waals surface area contributed by atoms with Gasteiger partial charge in [-0.3, -0.25) is 20.3 Å². The van der Waals surface area contributed by atoms with Gasteiger partial charge in [0, 0.05) is 19.4 Å². The molecule has 0 unspecified atom stereocenters. The molecule has 4 aliphatic carbocycles. The van der Waals surface area contributed by atoms with E-state index in [4.69, 9.17) is 10.1 Å². The summed E-state index contributed by atoms with van der Waals surface area (Å²) in [5.74, 6) is 1.27. The number of methoxy groups -OCH3 is 1. The average Bonchev–Trinajstić information content (AvgIpc) is 2.87. The Kier molecular flexibility index (Phi) is 7.68. The van der Waals surface area contributed by atoms with Gasteiger partial charge in [0.15, 0.2) is 17.5 Å². The van der Waals surface area contributed by atoms with Crippen molar-refractivity contribution < 1.29 is 18.7 Å². The average molecular weight is 521 g/mol. The first kappa shape index (κ1) is 26.2. The summed E-state index contributed by atoms with van der Waals surface area (Å²) in [6.07, 6.45) is 8.12. The molecule has 7 nitrogen and oxygen atoms in total. The summed E-state index contributed by atoms with van der Waals surface area (Å²) in [6.45, 7) is 0.175. The zero-order valence-corrected chi connectivity index (χ0v) is 21.9. The first-order valence-corrected chi connectivity index (χ1v) is 13.6. The third-order valence-corrected chi connectivity index (χ3v) is 8.57. The summed E-state index contributed by atoms with van der Waals surface area (Å²) in [4.78, 5) is 26.2. The molecule has 1 atom stereocenters. The summed E-state index contributed by atoms with van der Waals surface area (Å²) in [7, 11) is 1.39. The standard InChI is InChI=1S/C30H37FN4O3/c1-38-26-13-20(7-8-24(26)31)18-33-28(37)25(12-19-5-3-2-4-6-19)34-29(32)35-27(36)17-30-14-21-9-22(15-30)11-23(10-21)16-30/h2-8,13,21-23,25H,9-12,14-18H2,1H3,(H,33,37)(H3,32,34,35,36)/t21?,22?,23?,25-,30?/m1/s1. The molecule has 2 amide bonds. The smallest absolute Gasteiger partial charge is 0.243 e. The van der Waals surface area contributed by atoms with Crippen LogP contribution in [0.25, 0.3) is 0 Å². The largest absolute Gasteiger partial charge is 0.494 e. The number of benzene rings is 2. The third kappa shape index (κ3) is 6.17. The van der Waals surface area contributed by atoms with Gasteiger partial charge in [0.05, 0.1) is 7.11 Å². The molecule has 0 radical (unpaired) electrons. The second-order valence-corrected chi connectivity index (χ2v) is 11.6. The number of nitrogens with one attached hydrogen (secondary N) is 4. The van der Waals surface area contributed by atoms with Crippen molar-refractivity contribution in [1.29, 1.82) is 5.41 Å². The van der Waals surface area contributed by atoms with Crippen molar-refractivity contribution in [2.45, 2.75) is 64.0 Å². The molecule has 0 aliphatic heterocycles. The summed E-state index contributed by atoms with van der Waals surface area (Å²) >= 11 is 0. The summed E-state index contributed by atoms with van der Waals surface area (Å²) in [6, 6.07) is 13.2. The van der Waals surface area contributed by atoms with Gasteiger partial charge in [0.1, 0.15) is 6.04 Å². The van der Waals surface area contributed by atoms with Crippen molar-refractivity contribution in [2.75, 3.05) is 7.11 Å². The molecule has 38 heavy (non-hydrogen) atoms. The van der Waals surface area contributed by atoms with E-state index in [-0.39, 0.29) is 35.5 Å². The van der Waals surface area contributed by atoms with Crippen LogP contribution in [0.1, 0.15) is 56.1 Å². The number of guanidine groups is 1. The molecule has 8 heteroatoms. The highest BCUT2D eigenvalue weighted by Gasteiger charge is 2.51. The molecular formula is C30H37FN4O3. The summed E-state index contributed by atoms with van der Waals surface area (Å²) in [5, 5.41) is 16.9. The fourth-order valence-corrected chi connectivity index (χ4v) is 7.43. The van der Waals surface area contributed by atoms with E-state index in [1.54, 1.807) is 12.1 Å². The van der Waals surface area contributed by atoms with Gasteiger partial charge in [0.25, 0.3) is 0 Å². The van der Waals surface area contributed by atoms with Crippen molar-refractivity contribution in [3.63, 3.8) is 0 Å². The van der Waals surface area contributed by atoms with Crippen LogP contribution < -0.4 is 20.7 Å². The van der Waals surface area contributed by atoms with E-state index in [1.807, 2.05) is 30.3 Å².